The largest absolute Gasteiger partial charge is 0.489 e. The van der Waals surface area contributed by atoms with Crippen molar-refractivity contribution >= 4 is 23.2 Å². The zero-order valence-electron chi connectivity index (χ0n) is 9.97. The Kier molecular flexibility index (Phi) is 5.43. The van der Waals surface area contributed by atoms with Gasteiger partial charge in [0.1, 0.15) is 11.9 Å². The summed E-state index contributed by atoms with van der Waals surface area (Å²) in [5.41, 5.74) is 1.15. The lowest BCUT2D eigenvalue weighted by Crippen LogP contribution is -2.23. The molecule has 0 fully saturated rings. The molecule has 0 spiro atoms. The third kappa shape index (κ3) is 3.88. The highest BCUT2D eigenvalue weighted by molar-refractivity contribution is 6.32. The predicted octanol–water partition coefficient (Wildman–Crippen LogP) is 4.68. The summed E-state index contributed by atoms with van der Waals surface area (Å²) in [7, 11) is 0. The van der Waals surface area contributed by atoms with Crippen LogP contribution in [-0.2, 0) is 0 Å². The van der Waals surface area contributed by atoms with Crippen LogP contribution in [0.15, 0.2) is 18.2 Å². The quantitative estimate of drug-likeness (QED) is 0.699. The second-order valence-corrected chi connectivity index (χ2v) is 5.10. The zero-order valence-corrected chi connectivity index (χ0v) is 11.5. The molecule has 1 unspecified atom stereocenters. The molecule has 0 amide bonds. The highest BCUT2D eigenvalue weighted by atomic mass is 35.5. The van der Waals surface area contributed by atoms with E-state index in [1.807, 2.05) is 25.1 Å². The Bertz CT molecular complexity index is 337. The van der Waals surface area contributed by atoms with Gasteiger partial charge in [0.15, 0.2) is 0 Å². The van der Waals surface area contributed by atoms with Gasteiger partial charge >= 0.3 is 0 Å². The summed E-state index contributed by atoms with van der Waals surface area (Å²) in [6.07, 6.45) is 0.959. The molecular formula is C13H18Cl2O. The van der Waals surface area contributed by atoms with Crippen LogP contribution in [-0.4, -0.2) is 12.0 Å². The van der Waals surface area contributed by atoms with Crippen LogP contribution in [0.2, 0.25) is 5.02 Å². The molecule has 0 radical (unpaired) electrons. The average molecular weight is 261 g/mol. The number of hydrogen-bond acceptors (Lipinski definition) is 1. The fourth-order valence-electron chi connectivity index (χ4n) is 1.50. The van der Waals surface area contributed by atoms with Crippen LogP contribution in [0.3, 0.4) is 0 Å². The maximum Gasteiger partial charge on any atom is 0.138 e. The number of hydrogen-bond donors (Lipinski definition) is 0. The Morgan fingerprint density at radius 1 is 1.31 bits per heavy atom. The summed E-state index contributed by atoms with van der Waals surface area (Å²) in [6.45, 7) is 6.27. The molecule has 1 rings (SSSR count). The fourth-order valence-corrected chi connectivity index (χ4v) is 1.88. The molecule has 0 aliphatic rings. The summed E-state index contributed by atoms with van der Waals surface area (Å²) in [5, 5.41) is 0.658. The molecule has 0 aromatic heterocycles. The second kappa shape index (κ2) is 6.36. The van der Waals surface area contributed by atoms with Crippen molar-refractivity contribution in [1.29, 1.82) is 0 Å². The highest BCUT2D eigenvalue weighted by Crippen LogP contribution is 2.28. The smallest absolute Gasteiger partial charge is 0.138 e. The van der Waals surface area contributed by atoms with Gasteiger partial charge in [0.25, 0.3) is 0 Å². The van der Waals surface area contributed by atoms with E-state index in [4.69, 9.17) is 27.9 Å². The summed E-state index contributed by atoms with van der Waals surface area (Å²) in [5.74, 6) is 1.78. The van der Waals surface area contributed by atoms with Gasteiger partial charge in [-0.05, 0) is 37.0 Å². The van der Waals surface area contributed by atoms with Crippen molar-refractivity contribution in [2.24, 2.45) is 5.92 Å². The van der Waals surface area contributed by atoms with E-state index in [1.54, 1.807) is 0 Å². The van der Waals surface area contributed by atoms with Gasteiger partial charge in [-0.15, -0.1) is 11.6 Å². The summed E-state index contributed by atoms with van der Waals surface area (Å²) < 4.78 is 5.91. The number of aryl methyl sites for hydroxylation is 1. The summed E-state index contributed by atoms with van der Waals surface area (Å²) in [6, 6.07) is 5.80. The van der Waals surface area contributed by atoms with E-state index in [0.717, 1.165) is 17.7 Å². The van der Waals surface area contributed by atoms with E-state index in [0.29, 0.717) is 16.8 Å². The van der Waals surface area contributed by atoms with Crippen molar-refractivity contribution in [2.45, 2.75) is 33.3 Å². The standard InChI is InChI=1S/C13H18Cl2O/c1-9(2)12(6-7-14)16-13-8-10(3)4-5-11(13)15/h4-5,8-9,12H,6-7H2,1-3H3. The van der Waals surface area contributed by atoms with Crippen LogP contribution in [0.4, 0.5) is 0 Å². The average Bonchev–Trinajstić information content (AvgIpc) is 2.22. The van der Waals surface area contributed by atoms with Gasteiger partial charge in [0, 0.05) is 5.88 Å². The first-order valence-corrected chi connectivity index (χ1v) is 6.44. The van der Waals surface area contributed by atoms with E-state index in [9.17, 15) is 0 Å². The molecule has 0 saturated carbocycles. The Morgan fingerprint density at radius 2 is 2.00 bits per heavy atom. The van der Waals surface area contributed by atoms with Crippen molar-refractivity contribution < 1.29 is 4.74 Å². The molecule has 1 aromatic rings. The van der Waals surface area contributed by atoms with Crippen molar-refractivity contribution in [3.05, 3.63) is 28.8 Å². The zero-order chi connectivity index (χ0) is 12.1. The van der Waals surface area contributed by atoms with Gasteiger partial charge in [-0.25, -0.2) is 0 Å². The molecule has 0 saturated heterocycles. The molecule has 3 heteroatoms. The minimum Gasteiger partial charge on any atom is -0.489 e. The maximum absolute atomic E-state index is 6.09. The third-order valence-electron chi connectivity index (χ3n) is 2.50. The maximum atomic E-state index is 6.09. The topological polar surface area (TPSA) is 9.23 Å². The minimum atomic E-state index is 0.122. The SMILES string of the molecule is Cc1ccc(Cl)c(OC(CCCl)C(C)C)c1. The van der Waals surface area contributed by atoms with Crippen LogP contribution >= 0.6 is 23.2 Å². The Hall–Kier alpha value is -0.400. The number of benzene rings is 1. The Balaban J connectivity index is 2.80. The molecule has 1 aromatic carbocycles. The third-order valence-corrected chi connectivity index (χ3v) is 3.03. The molecular weight excluding hydrogens is 243 g/mol. The van der Waals surface area contributed by atoms with Gasteiger partial charge in [-0.1, -0.05) is 31.5 Å². The summed E-state index contributed by atoms with van der Waals surface area (Å²) in [4.78, 5) is 0. The Labute approximate surface area is 108 Å². The van der Waals surface area contributed by atoms with Gasteiger partial charge in [0.2, 0.25) is 0 Å². The Morgan fingerprint density at radius 3 is 2.56 bits per heavy atom. The number of alkyl halides is 1. The predicted molar refractivity (Wildman–Crippen MR) is 70.8 cm³/mol. The van der Waals surface area contributed by atoms with Crippen LogP contribution in [0.25, 0.3) is 0 Å². The summed E-state index contributed by atoms with van der Waals surface area (Å²) >= 11 is 11.9. The number of rotatable bonds is 5. The van der Waals surface area contributed by atoms with Crippen molar-refractivity contribution in [2.75, 3.05) is 5.88 Å². The molecule has 90 valence electrons. The van der Waals surface area contributed by atoms with Gasteiger partial charge in [-0.2, -0.15) is 0 Å². The van der Waals surface area contributed by atoms with Crippen LogP contribution < -0.4 is 4.74 Å². The highest BCUT2D eigenvalue weighted by Gasteiger charge is 2.16. The van der Waals surface area contributed by atoms with Gasteiger partial charge in [-0.3, -0.25) is 0 Å². The van der Waals surface area contributed by atoms with E-state index in [-0.39, 0.29) is 6.10 Å². The van der Waals surface area contributed by atoms with Gasteiger partial charge in [0.05, 0.1) is 5.02 Å². The van der Waals surface area contributed by atoms with E-state index in [1.165, 1.54) is 0 Å². The minimum absolute atomic E-state index is 0.122. The van der Waals surface area contributed by atoms with Crippen molar-refractivity contribution in [3.63, 3.8) is 0 Å². The molecule has 0 N–H and O–H groups in total. The first-order valence-electron chi connectivity index (χ1n) is 5.53. The van der Waals surface area contributed by atoms with E-state index >= 15 is 0 Å². The molecule has 0 aliphatic carbocycles. The number of halogens is 2. The first kappa shape index (κ1) is 13.7. The van der Waals surface area contributed by atoms with Gasteiger partial charge < -0.3 is 4.74 Å². The molecule has 0 heterocycles. The lowest BCUT2D eigenvalue weighted by Gasteiger charge is -2.22. The molecule has 0 aliphatic heterocycles. The van der Waals surface area contributed by atoms with Crippen LogP contribution in [0, 0.1) is 12.8 Å². The first-order chi connectivity index (χ1) is 7.54. The lowest BCUT2D eigenvalue weighted by atomic mass is 10.1. The lowest BCUT2D eigenvalue weighted by molar-refractivity contribution is 0.148. The normalized spacial score (nSPS) is 12.9. The van der Waals surface area contributed by atoms with E-state index < -0.39 is 0 Å². The molecule has 16 heavy (non-hydrogen) atoms. The van der Waals surface area contributed by atoms with Crippen LogP contribution in [0.5, 0.6) is 5.75 Å². The fraction of sp³-hybridized carbons (Fsp3) is 0.538. The second-order valence-electron chi connectivity index (χ2n) is 4.31. The molecule has 1 nitrogen and oxygen atoms in total. The molecule has 0 bridgehead atoms. The van der Waals surface area contributed by atoms with E-state index in [2.05, 4.69) is 13.8 Å². The monoisotopic (exact) mass is 260 g/mol. The van der Waals surface area contributed by atoms with Crippen molar-refractivity contribution in [1.82, 2.24) is 0 Å². The number of ether oxygens (including phenoxy) is 1. The molecule has 1 atom stereocenters. The van der Waals surface area contributed by atoms with Crippen molar-refractivity contribution in [3.8, 4) is 5.75 Å². The van der Waals surface area contributed by atoms with Crippen LogP contribution in [0.1, 0.15) is 25.8 Å².